The summed E-state index contributed by atoms with van der Waals surface area (Å²) in [6.07, 6.45) is 2.57. The number of nitrogens with zero attached hydrogens (tertiary/aromatic N) is 4. The van der Waals surface area contributed by atoms with E-state index < -0.39 is 6.10 Å². The first-order valence-electron chi connectivity index (χ1n) is 5.65. The van der Waals surface area contributed by atoms with Crippen LogP contribution in [0.4, 0.5) is 0 Å². The third-order valence-electron chi connectivity index (χ3n) is 2.59. The molecule has 2 unspecified atom stereocenters. The minimum atomic E-state index is -0.737. The lowest BCUT2D eigenvalue weighted by Gasteiger charge is -2.13. The zero-order valence-electron chi connectivity index (χ0n) is 10.2. The van der Waals surface area contributed by atoms with E-state index in [1.165, 1.54) is 0 Å². The Morgan fingerprint density at radius 1 is 1.35 bits per heavy atom. The fourth-order valence-corrected chi connectivity index (χ4v) is 1.51. The van der Waals surface area contributed by atoms with Crippen molar-refractivity contribution in [1.82, 2.24) is 19.6 Å². The Kier molecular flexibility index (Phi) is 3.08. The van der Waals surface area contributed by atoms with Gasteiger partial charge in [0, 0.05) is 29.9 Å². The highest BCUT2D eigenvalue weighted by atomic mass is 16.3. The summed E-state index contributed by atoms with van der Waals surface area (Å²) in [5.74, 6) is 1.53. The number of hydrogen-bond donors (Lipinski definition) is 2. The van der Waals surface area contributed by atoms with Crippen LogP contribution < -0.4 is 5.73 Å². The van der Waals surface area contributed by atoms with E-state index in [1.54, 1.807) is 23.8 Å². The first-order valence-corrected chi connectivity index (χ1v) is 5.65. The van der Waals surface area contributed by atoms with Gasteiger partial charge in [-0.05, 0) is 6.92 Å². The van der Waals surface area contributed by atoms with Gasteiger partial charge in [-0.1, -0.05) is 13.8 Å². The smallest absolute Gasteiger partial charge is 0.252 e. The van der Waals surface area contributed by atoms with Crippen LogP contribution in [0, 0.1) is 0 Å². The molecule has 0 aromatic carbocycles. The SMILES string of the molecule is CC(C)c1nc2ncc(C(O)C(C)N)cn2n1. The van der Waals surface area contributed by atoms with Crippen LogP contribution in [0.3, 0.4) is 0 Å². The summed E-state index contributed by atoms with van der Waals surface area (Å²) in [4.78, 5) is 8.45. The van der Waals surface area contributed by atoms with Gasteiger partial charge in [0.1, 0.15) is 0 Å². The van der Waals surface area contributed by atoms with Gasteiger partial charge in [-0.15, -0.1) is 5.10 Å². The summed E-state index contributed by atoms with van der Waals surface area (Å²) in [6.45, 7) is 5.79. The Morgan fingerprint density at radius 3 is 2.65 bits per heavy atom. The molecule has 0 saturated heterocycles. The van der Waals surface area contributed by atoms with Gasteiger partial charge >= 0.3 is 0 Å². The van der Waals surface area contributed by atoms with Crippen LogP contribution in [-0.4, -0.2) is 30.7 Å². The largest absolute Gasteiger partial charge is 0.387 e. The quantitative estimate of drug-likeness (QED) is 0.814. The van der Waals surface area contributed by atoms with Crippen LogP contribution in [0.15, 0.2) is 12.4 Å². The lowest BCUT2D eigenvalue weighted by Crippen LogP contribution is -2.24. The molecule has 0 aliphatic rings. The molecule has 0 bridgehead atoms. The summed E-state index contributed by atoms with van der Waals surface area (Å²) in [7, 11) is 0. The van der Waals surface area contributed by atoms with Crippen molar-refractivity contribution >= 4 is 5.78 Å². The normalized spacial score (nSPS) is 15.4. The van der Waals surface area contributed by atoms with E-state index in [-0.39, 0.29) is 12.0 Å². The van der Waals surface area contributed by atoms with E-state index >= 15 is 0 Å². The maximum absolute atomic E-state index is 9.85. The Labute approximate surface area is 99.5 Å². The van der Waals surface area contributed by atoms with Crippen LogP contribution >= 0.6 is 0 Å². The van der Waals surface area contributed by atoms with Crippen molar-refractivity contribution in [2.24, 2.45) is 5.73 Å². The van der Waals surface area contributed by atoms with Crippen molar-refractivity contribution in [1.29, 1.82) is 0 Å². The van der Waals surface area contributed by atoms with Gasteiger partial charge in [0.25, 0.3) is 5.78 Å². The molecule has 0 aliphatic heterocycles. The minimum absolute atomic E-state index is 0.249. The molecule has 0 aliphatic carbocycles. The Balaban J connectivity index is 2.43. The van der Waals surface area contributed by atoms with Crippen LogP contribution in [0.1, 0.15) is 44.2 Å². The average Bonchev–Trinajstić information content (AvgIpc) is 2.70. The molecular weight excluding hydrogens is 218 g/mol. The van der Waals surface area contributed by atoms with Crippen LogP contribution in [0.5, 0.6) is 0 Å². The highest BCUT2D eigenvalue weighted by Gasteiger charge is 2.15. The lowest BCUT2D eigenvalue weighted by molar-refractivity contribution is 0.152. The van der Waals surface area contributed by atoms with Gasteiger partial charge in [0.2, 0.25) is 0 Å². The molecule has 0 radical (unpaired) electrons. The van der Waals surface area contributed by atoms with Crippen LogP contribution in [-0.2, 0) is 0 Å². The summed E-state index contributed by atoms with van der Waals surface area (Å²) in [5, 5.41) is 14.2. The monoisotopic (exact) mass is 235 g/mol. The van der Waals surface area contributed by atoms with Gasteiger partial charge < -0.3 is 10.8 Å². The fraction of sp³-hybridized carbons (Fsp3) is 0.545. The molecule has 17 heavy (non-hydrogen) atoms. The number of aliphatic hydroxyl groups is 1. The molecule has 2 heterocycles. The van der Waals surface area contributed by atoms with Crippen LogP contribution in [0.25, 0.3) is 5.78 Å². The number of rotatable bonds is 3. The summed E-state index contributed by atoms with van der Waals surface area (Å²) in [5.41, 5.74) is 6.29. The van der Waals surface area contributed by atoms with Crippen molar-refractivity contribution < 1.29 is 5.11 Å². The summed E-state index contributed by atoms with van der Waals surface area (Å²) >= 11 is 0. The summed E-state index contributed by atoms with van der Waals surface area (Å²) in [6, 6.07) is -0.345. The van der Waals surface area contributed by atoms with Gasteiger partial charge in [0.05, 0.1) is 6.10 Å². The molecule has 2 aromatic rings. The van der Waals surface area contributed by atoms with Crippen molar-refractivity contribution in [2.45, 2.75) is 38.8 Å². The second-order valence-electron chi connectivity index (χ2n) is 4.56. The van der Waals surface area contributed by atoms with E-state index in [4.69, 9.17) is 5.73 Å². The number of nitrogens with two attached hydrogens (primary N) is 1. The van der Waals surface area contributed by atoms with Gasteiger partial charge in [-0.3, -0.25) is 0 Å². The Morgan fingerprint density at radius 2 is 2.06 bits per heavy atom. The Hall–Kier alpha value is -1.53. The van der Waals surface area contributed by atoms with Gasteiger partial charge in [-0.25, -0.2) is 9.50 Å². The fourth-order valence-electron chi connectivity index (χ4n) is 1.51. The van der Waals surface area contributed by atoms with Crippen LogP contribution in [0.2, 0.25) is 0 Å². The second-order valence-corrected chi connectivity index (χ2v) is 4.56. The summed E-state index contributed by atoms with van der Waals surface area (Å²) < 4.78 is 1.58. The van der Waals surface area contributed by atoms with Crippen molar-refractivity contribution in [3.63, 3.8) is 0 Å². The molecule has 0 saturated carbocycles. The molecule has 0 spiro atoms. The topological polar surface area (TPSA) is 89.3 Å². The minimum Gasteiger partial charge on any atom is -0.387 e. The molecule has 92 valence electrons. The maximum Gasteiger partial charge on any atom is 0.252 e. The zero-order valence-corrected chi connectivity index (χ0v) is 10.2. The zero-order chi connectivity index (χ0) is 12.6. The number of aliphatic hydroxyl groups excluding tert-OH is 1. The molecule has 6 heteroatoms. The van der Waals surface area contributed by atoms with Gasteiger partial charge in [-0.2, -0.15) is 4.98 Å². The van der Waals surface area contributed by atoms with Gasteiger partial charge in [0.15, 0.2) is 5.82 Å². The molecule has 2 atom stereocenters. The van der Waals surface area contributed by atoms with E-state index in [0.717, 1.165) is 5.82 Å². The molecule has 3 N–H and O–H groups in total. The first-order chi connectivity index (χ1) is 7.99. The highest BCUT2D eigenvalue weighted by Crippen LogP contribution is 2.15. The van der Waals surface area contributed by atoms with E-state index in [2.05, 4.69) is 15.1 Å². The Bertz CT molecular complexity index is 520. The molecule has 2 aromatic heterocycles. The standard InChI is InChI=1S/C11H17N5O/c1-6(2)10-14-11-13-4-8(5-16(11)15-10)9(17)7(3)12/h4-7,9,17H,12H2,1-3H3. The number of hydrogen-bond acceptors (Lipinski definition) is 5. The number of aromatic nitrogens is 4. The van der Waals surface area contributed by atoms with E-state index in [9.17, 15) is 5.11 Å². The van der Waals surface area contributed by atoms with Crippen molar-refractivity contribution in [3.05, 3.63) is 23.8 Å². The van der Waals surface area contributed by atoms with E-state index in [1.807, 2.05) is 13.8 Å². The van der Waals surface area contributed by atoms with E-state index in [0.29, 0.717) is 11.3 Å². The third-order valence-corrected chi connectivity index (χ3v) is 2.59. The van der Waals surface area contributed by atoms with Crippen molar-refractivity contribution in [3.8, 4) is 0 Å². The molecule has 0 fully saturated rings. The number of fused-ring (bicyclic) bond motifs is 1. The first kappa shape index (κ1) is 11.9. The third kappa shape index (κ3) is 2.27. The maximum atomic E-state index is 9.85. The molecule has 0 amide bonds. The predicted molar refractivity (Wildman–Crippen MR) is 63.5 cm³/mol. The molecule has 2 rings (SSSR count). The molecular formula is C11H17N5O. The molecule has 6 nitrogen and oxygen atoms in total. The average molecular weight is 235 g/mol. The lowest BCUT2D eigenvalue weighted by atomic mass is 10.1. The highest BCUT2D eigenvalue weighted by molar-refractivity contribution is 5.29. The second kappa shape index (κ2) is 4.38. The van der Waals surface area contributed by atoms with Crippen molar-refractivity contribution in [2.75, 3.05) is 0 Å². The predicted octanol–water partition coefficient (Wildman–Crippen LogP) is 0.628.